The number of nitrogens with one attached hydrogen (secondary N) is 1. The lowest BCUT2D eigenvalue weighted by atomic mass is 10.2. The van der Waals surface area contributed by atoms with E-state index in [1.807, 2.05) is 12.1 Å². The fourth-order valence-corrected chi connectivity index (χ4v) is 2.74. The van der Waals surface area contributed by atoms with Crippen molar-refractivity contribution in [3.63, 3.8) is 0 Å². The van der Waals surface area contributed by atoms with Gasteiger partial charge >= 0.3 is 0 Å². The largest absolute Gasteiger partial charge is 0.486 e. The average molecular weight is 341 g/mol. The zero-order chi connectivity index (χ0) is 17.2. The van der Waals surface area contributed by atoms with Gasteiger partial charge < -0.3 is 19.5 Å². The predicted octanol–water partition coefficient (Wildman–Crippen LogP) is 3.30. The second kappa shape index (κ2) is 6.52. The summed E-state index contributed by atoms with van der Waals surface area (Å²) in [6.45, 7) is 0.864. The molecule has 7 heteroatoms. The van der Waals surface area contributed by atoms with E-state index in [0.29, 0.717) is 41.7 Å². The molecule has 4 rings (SSSR count). The van der Waals surface area contributed by atoms with Crippen LogP contribution in [0, 0.1) is 5.82 Å². The predicted molar refractivity (Wildman–Crippen MR) is 91.0 cm³/mol. The molecule has 0 bridgehead atoms. The third-order valence-electron chi connectivity index (χ3n) is 3.86. The molecule has 0 amide bonds. The monoisotopic (exact) mass is 341 g/mol. The minimum Gasteiger partial charge on any atom is -0.486 e. The summed E-state index contributed by atoms with van der Waals surface area (Å²) in [5, 5.41) is 3.88. The first kappa shape index (κ1) is 15.6. The zero-order valence-corrected chi connectivity index (χ0v) is 13.5. The molecule has 0 saturated carbocycles. The van der Waals surface area contributed by atoms with Gasteiger partial charge in [0.05, 0.1) is 12.1 Å². The molecule has 6 nitrogen and oxygen atoms in total. The summed E-state index contributed by atoms with van der Waals surface area (Å²) >= 11 is 0. The van der Waals surface area contributed by atoms with Crippen molar-refractivity contribution in [1.29, 1.82) is 0 Å². The van der Waals surface area contributed by atoms with Crippen LogP contribution in [0.1, 0.15) is 0 Å². The van der Waals surface area contributed by atoms with Crippen molar-refractivity contribution in [3.8, 4) is 11.5 Å². The van der Waals surface area contributed by atoms with Gasteiger partial charge in [0.25, 0.3) is 0 Å². The van der Waals surface area contributed by atoms with Crippen molar-refractivity contribution in [3.05, 3.63) is 48.5 Å². The van der Waals surface area contributed by atoms with E-state index < -0.39 is 0 Å². The molecule has 3 aromatic rings. The van der Waals surface area contributed by atoms with Crippen molar-refractivity contribution in [2.45, 2.75) is 6.10 Å². The van der Waals surface area contributed by atoms with Gasteiger partial charge in [0.1, 0.15) is 24.6 Å². The van der Waals surface area contributed by atoms with Crippen LogP contribution in [0.5, 0.6) is 11.5 Å². The number of hydrogen-bond donors (Lipinski definition) is 1. The third kappa shape index (κ3) is 3.18. The lowest BCUT2D eigenvalue weighted by Gasteiger charge is -2.26. The summed E-state index contributed by atoms with van der Waals surface area (Å²) in [6, 6.07) is 9.83. The molecule has 0 saturated heterocycles. The highest BCUT2D eigenvalue weighted by Crippen LogP contribution is 2.37. The third-order valence-corrected chi connectivity index (χ3v) is 3.86. The van der Waals surface area contributed by atoms with Gasteiger partial charge in [-0.2, -0.15) is 0 Å². The second-order valence-corrected chi connectivity index (χ2v) is 5.68. The second-order valence-electron chi connectivity index (χ2n) is 5.68. The molecule has 0 spiro atoms. The number of rotatable bonds is 4. The highest BCUT2D eigenvalue weighted by molar-refractivity contribution is 5.93. The van der Waals surface area contributed by atoms with E-state index in [2.05, 4.69) is 15.3 Å². The molecule has 1 unspecified atom stereocenters. The molecule has 1 N–H and O–H groups in total. The van der Waals surface area contributed by atoms with Gasteiger partial charge in [-0.1, -0.05) is 6.07 Å². The van der Waals surface area contributed by atoms with Crippen molar-refractivity contribution in [2.75, 3.05) is 25.6 Å². The summed E-state index contributed by atoms with van der Waals surface area (Å²) in [7, 11) is 1.62. The fraction of sp³-hybridized carbons (Fsp3) is 0.222. The molecule has 2 aromatic carbocycles. The Labute approximate surface area is 143 Å². The maximum absolute atomic E-state index is 13.4. The van der Waals surface area contributed by atoms with Crippen LogP contribution in [0.25, 0.3) is 10.9 Å². The quantitative estimate of drug-likeness (QED) is 0.785. The molecule has 25 heavy (non-hydrogen) atoms. The SMILES string of the molecule is COCC1COc2cc3ncnc(Nc4cccc(F)c4)c3cc2O1. The topological polar surface area (TPSA) is 65.5 Å². The van der Waals surface area contributed by atoms with Gasteiger partial charge in [-0.3, -0.25) is 0 Å². The standard InChI is InChI=1S/C18H16FN3O3/c1-23-8-13-9-24-16-7-15-14(6-17(16)25-13)18(21-10-20-15)22-12-4-2-3-11(19)5-12/h2-7,10,13H,8-9H2,1H3,(H,20,21,22). The highest BCUT2D eigenvalue weighted by Gasteiger charge is 2.22. The summed E-state index contributed by atoms with van der Waals surface area (Å²) in [6.07, 6.45) is 1.28. The molecule has 1 atom stereocenters. The van der Waals surface area contributed by atoms with E-state index in [-0.39, 0.29) is 11.9 Å². The number of ether oxygens (including phenoxy) is 3. The molecule has 1 aliphatic heterocycles. The minimum absolute atomic E-state index is 0.167. The maximum Gasteiger partial charge on any atom is 0.163 e. The van der Waals surface area contributed by atoms with Crippen molar-refractivity contribution in [2.24, 2.45) is 0 Å². The Hall–Kier alpha value is -2.93. The molecule has 128 valence electrons. The number of aromatic nitrogens is 2. The number of hydrogen-bond acceptors (Lipinski definition) is 6. The number of nitrogens with zero attached hydrogens (tertiary/aromatic N) is 2. The van der Waals surface area contributed by atoms with Gasteiger partial charge in [0.2, 0.25) is 0 Å². The summed E-state index contributed by atoms with van der Waals surface area (Å²) in [5.74, 6) is 1.49. The molecule has 0 radical (unpaired) electrons. The summed E-state index contributed by atoms with van der Waals surface area (Å²) in [4.78, 5) is 8.55. The van der Waals surface area contributed by atoms with Crippen molar-refractivity contribution >= 4 is 22.4 Å². The van der Waals surface area contributed by atoms with Crippen LogP contribution in [0.15, 0.2) is 42.7 Å². The van der Waals surface area contributed by atoms with Crippen LogP contribution in [0.4, 0.5) is 15.9 Å². The van der Waals surface area contributed by atoms with E-state index >= 15 is 0 Å². The summed E-state index contributed by atoms with van der Waals surface area (Å²) in [5.41, 5.74) is 1.31. The molecular formula is C18H16FN3O3. The number of anilines is 2. The van der Waals surface area contributed by atoms with Crippen LogP contribution < -0.4 is 14.8 Å². The number of methoxy groups -OCH3 is 1. The molecule has 0 aliphatic carbocycles. The Morgan fingerprint density at radius 1 is 1.24 bits per heavy atom. The lowest BCUT2D eigenvalue weighted by Crippen LogP contribution is -2.32. The van der Waals surface area contributed by atoms with Crippen LogP contribution in [0.2, 0.25) is 0 Å². The molecule has 0 fully saturated rings. The van der Waals surface area contributed by atoms with Crippen LogP contribution in [-0.4, -0.2) is 36.4 Å². The lowest BCUT2D eigenvalue weighted by molar-refractivity contribution is 0.0274. The number of fused-ring (bicyclic) bond motifs is 2. The number of benzene rings is 2. The van der Waals surface area contributed by atoms with Gasteiger partial charge in [-0.15, -0.1) is 0 Å². The van der Waals surface area contributed by atoms with E-state index in [4.69, 9.17) is 14.2 Å². The first-order valence-electron chi connectivity index (χ1n) is 7.82. The Balaban J connectivity index is 1.72. The molecule has 1 aliphatic rings. The minimum atomic E-state index is -0.320. The fourth-order valence-electron chi connectivity index (χ4n) is 2.74. The first-order chi connectivity index (χ1) is 12.2. The Morgan fingerprint density at radius 3 is 3.00 bits per heavy atom. The first-order valence-corrected chi connectivity index (χ1v) is 7.82. The molecular weight excluding hydrogens is 325 g/mol. The van der Waals surface area contributed by atoms with Gasteiger partial charge in [0.15, 0.2) is 17.6 Å². The van der Waals surface area contributed by atoms with Crippen molar-refractivity contribution in [1.82, 2.24) is 9.97 Å². The van der Waals surface area contributed by atoms with Crippen LogP contribution in [-0.2, 0) is 4.74 Å². The Kier molecular flexibility index (Phi) is 4.07. The van der Waals surface area contributed by atoms with Gasteiger partial charge in [0, 0.05) is 24.2 Å². The van der Waals surface area contributed by atoms with E-state index in [1.54, 1.807) is 19.2 Å². The molecule has 2 heterocycles. The molecule has 1 aromatic heterocycles. The average Bonchev–Trinajstić information content (AvgIpc) is 2.61. The Bertz CT molecular complexity index is 919. The smallest absolute Gasteiger partial charge is 0.163 e. The normalized spacial score (nSPS) is 16.0. The summed E-state index contributed by atoms with van der Waals surface area (Å²) < 4.78 is 30.2. The zero-order valence-electron chi connectivity index (χ0n) is 13.5. The maximum atomic E-state index is 13.4. The van der Waals surface area contributed by atoms with Crippen LogP contribution >= 0.6 is 0 Å². The van der Waals surface area contributed by atoms with Crippen molar-refractivity contribution < 1.29 is 18.6 Å². The highest BCUT2D eigenvalue weighted by atomic mass is 19.1. The number of halogens is 1. The van der Waals surface area contributed by atoms with E-state index in [0.717, 1.165) is 5.39 Å². The van der Waals surface area contributed by atoms with Gasteiger partial charge in [-0.25, -0.2) is 14.4 Å². The van der Waals surface area contributed by atoms with Gasteiger partial charge in [-0.05, 0) is 24.3 Å². The van der Waals surface area contributed by atoms with Crippen LogP contribution in [0.3, 0.4) is 0 Å². The van der Waals surface area contributed by atoms with E-state index in [1.165, 1.54) is 18.5 Å². The Morgan fingerprint density at radius 2 is 2.16 bits per heavy atom. The van der Waals surface area contributed by atoms with E-state index in [9.17, 15) is 4.39 Å².